The molecule has 4 aromatic carbocycles. The van der Waals surface area contributed by atoms with Gasteiger partial charge in [-0.25, -0.2) is 9.78 Å². The SMILES string of the molecule is CC(C)Nc1ncc(-c2cc(N)cc(/C=C/Cc3ccccc3)c2)n(CC(=O)NCc2ccc(C(=N)NC(=O)OCc3ccccc3)cc2)c1=O. The summed E-state index contributed by atoms with van der Waals surface area (Å²) in [4.78, 5) is 43.5. The van der Waals surface area contributed by atoms with Gasteiger partial charge in [-0.15, -0.1) is 0 Å². The molecule has 0 atom stereocenters. The lowest BCUT2D eigenvalue weighted by Gasteiger charge is -2.17. The Bertz CT molecular complexity index is 2060. The van der Waals surface area contributed by atoms with Gasteiger partial charge >= 0.3 is 6.09 Å². The number of alkyl carbamates (subject to hydrolysis) is 1. The highest BCUT2D eigenvalue weighted by Crippen LogP contribution is 2.24. The van der Waals surface area contributed by atoms with Crippen molar-refractivity contribution in [1.82, 2.24) is 20.2 Å². The fourth-order valence-corrected chi connectivity index (χ4v) is 5.24. The third kappa shape index (κ3) is 10.5. The van der Waals surface area contributed by atoms with Crippen molar-refractivity contribution < 1.29 is 14.3 Å². The summed E-state index contributed by atoms with van der Waals surface area (Å²) in [6.45, 7) is 3.82. The molecule has 0 radical (unpaired) electrons. The van der Waals surface area contributed by atoms with Crippen molar-refractivity contribution in [3.8, 4) is 11.3 Å². The van der Waals surface area contributed by atoms with Gasteiger partial charge in [0.2, 0.25) is 5.91 Å². The zero-order chi connectivity index (χ0) is 36.2. The van der Waals surface area contributed by atoms with Crippen LogP contribution in [0.15, 0.2) is 120 Å². The Labute approximate surface area is 296 Å². The molecular weight excluding hydrogens is 642 g/mol. The normalized spacial score (nSPS) is 11.0. The molecule has 2 amide bonds. The van der Waals surface area contributed by atoms with Crippen LogP contribution in [0.3, 0.4) is 0 Å². The average Bonchev–Trinajstić information content (AvgIpc) is 3.12. The number of aromatic nitrogens is 2. The van der Waals surface area contributed by atoms with E-state index >= 15 is 0 Å². The molecule has 11 heteroatoms. The van der Waals surface area contributed by atoms with Gasteiger partial charge in [-0.2, -0.15) is 0 Å². The van der Waals surface area contributed by atoms with Crippen molar-refractivity contribution in [1.29, 1.82) is 5.41 Å². The zero-order valence-corrected chi connectivity index (χ0v) is 28.6. The first-order valence-electron chi connectivity index (χ1n) is 16.5. The maximum atomic E-state index is 13.7. The van der Waals surface area contributed by atoms with Crippen LogP contribution in [0.2, 0.25) is 0 Å². The molecule has 1 aromatic heterocycles. The van der Waals surface area contributed by atoms with Gasteiger partial charge in [0.05, 0.1) is 11.9 Å². The highest BCUT2D eigenvalue weighted by Gasteiger charge is 2.17. The van der Waals surface area contributed by atoms with Crippen LogP contribution in [0.4, 0.5) is 16.3 Å². The van der Waals surface area contributed by atoms with E-state index in [2.05, 4.69) is 39.1 Å². The van der Waals surface area contributed by atoms with Crippen LogP contribution in [-0.2, 0) is 35.6 Å². The fourth-order valence-electron chi connectivity index (χ4n) is 5.24. The largest absolute Gasteiger partial charge is 0.444 e. The number of nitrogens with one attached hydrogen (secondary N) is 4. The Hall–Kier alpha value is -6.49. The molecule has 0 bridgehead atoms. The van der Waals surface area contributed by atoms with Gasteiger partial charge in [-0.3, -0.25) is 24.9 Å². The maximum absolute atomic E-state index is 13.7. The third-order valence-electron chi connectivity index (χ3n) is 7.73. The Morgan fingerprint density at radius 1 is 0.922 bits per heavy atom. The van der Waals surface area contributed by atoms with E-state index in [1.54, 1.807) is 36.5 Å². The van der Waals surface area contributed by atoms with Crippen LogP contribution in [0, 0.1) is 5.41 Å². The van der Waals surface area contributed by atoms with Gasteiger partial charge < -0.3 is 21.1 Å². The van der Waals surface area contributed by atoms with Gasteiger partial charge in [0.1, 0.15) is 19.0 Å². The molecule has 1 heterocycles. The number of nitrogens with zero attached hydrogens (tertiary/aromatic N) is 2. The summed E-state index contributed by atoms with van der Waals surface area (Å²) in [6.07, 6.45) is 5.62. The monoisotopic (exact) mass is 683 g/mol. The second-order valence-electron chi connectivity index (χ2n) is 12.2. The molecule has 0 aliphatic heterocycles. The van der Waals surface area contributed by atoms with E-state index in [4.69, 9.17) is 15.9 Å². The maximum Gasteiger partial charge on any atom is 0.413 e. The molecule has 0 saturated carbocycles. The summed E-state index contributed by atoms with van der Waals surface area (Å²) in [5.41, 5.74) is 11.6. The molecular formula is C40H41N7O4. The molecule has 0 aliphatic rings. The molecule has 260 valence electrons. The number of hydrogen-bond donors (Lipinski definition) is 5. The summed E-state index contributed by atoms with van der Waals surface area (Å²) >= 11 is 0. The van der Waals surface area contributed by atoms with E-state index < -0.39 is 11.7 Å². The molecule has 0 unspecified atom stereocenters. The minimum absolute atomic E-state index is 0.0494. The number of anilines is 2. The minimum Gasteiger partial charge on any atom is -0.444 e. The summed E-state index contributed by atoms with van der Waals surface area (Å²) < 4.78 is 6.59. The Kier molecular flexibility index (Phi) is 12.1. The van der Waals surface area contributed by atoms with E-state index in [1.807, 2.05) is 80.6 Å². The van der Waals surface area contributed by atoms with E-state index in [-0.39, 0.29) is 43.3 Å². The number of carbonyl (C=O) groups is 2. The first kappa shape index (κ1) is 35.8. The molecule has 0 spiro atoms. The smallest absolute Gasteiger partial charge is 0.413 e. The standard InChI is InChI=1S/C40H41N7O4/c1-27(2)45-38-39(49)47(35(24-44-38)33-20-31(21-34(41)22-33)15-9-14-28-10-5-3-6-11-28)25-36(48)43-23-29-16-18-32(19-17-29)37(42)46-40(50)51-26-30-12-7-4-8-13-30/h3-13,15-22,24,27H,14,23,25-26,41H2,1-2H3,(H,43,48)(H,44,45)(H2,42,46,50)/b15-9+. The highest BCUT2D eigenvalue weighted by atomic mass is 16.5. The topological polar surface area (TPSA) is 164 Å². The molecule has 0 saturated heterocycles. The first-order valence-corrected chi connectivity index (χ1v) is 16.5. The highest BCUT2D eigenvalue weighted by molar-refractivity contribution is 6.04. The fraction of sp³-hybridized carbons (Fsp3) is 0.175. The Balaban J connectivity index is 1.25. The number of ether oxygens (including phenoxy) is 1. The lowest BCUT2D eigenvalue weighted by atomic mass is 10.0. The van der Waals surface area contributed by atoms with Gasteiger partial charge in [0, 0.05) is 29.4 Å². The van der Waals surface area contributed by atoms with E-state index in [0.29, 0.717) is 22.5 Å². The molecule has 0 fully saturated rings. The van der Waals surface area contributed by atoms with Crippen molar-refractivity contribution >= 4 is 35.4 Å². The first-order chi connectivity index (χ1) is 24.6. The molecule has 5 aromatic rings. The van der Waals surface area contributed by atoms with Gasteiger partial charge in [-0.05, 0) is 60.7 Å². The van der Waals surface area contributed by atoms with E-state index in [9.17, 15) is 14.4 Å². The lowest BCUT2D eigenvalue weighted by molar-refractivity contribution is -0.121. The van der Waals surface area contributed by atoms with Crippen molar-refractivity contribution in [2.24, 2.45) is 0 Å². The quantitative estimate of drug-likeness (QED) is 0.0566. The van der Waals surface area contributed by atoms with Crippen molar-refractivity contribution in [2.75, 3.05) is 11.1 Å². The number of carbonyl (C=O) groups excluding carboxylic acids is 2. The predicted molar refractivity (Wildman–Crippen MR) is 201 cm³/mol. The summed E-state index contributed by atoms with van der Waals surface area (Å²) in [5, 5.41) is 16.6. The van der Waals surface area contributed by atoms with Crippen LogP contribution in [0.1, 0.15) is 41.7 Å². The van der Waals surface area contributed by atoms with Crippen LogP contribution in [-0.4, -0.2) is 33.4 Å². The number of hydrogen-bond acceptors (Lipinski definition) is 8. The molecule has 11 nitrogen and oxygen atoms in total. The average molecular weight is 684 g/mol. The summed E-state index contributed by atoms with van der Waals surface area (Å²) in [7, 11) is 0. The summed E-state index contributed by atoms with van der Waals surface area (Å²) in [5.74, 6) is -0.356. The molecule has 0 aliphatic carbocycles. The van der Waals surface area contributed by atoms with Crippen LogP contribution < -0.4 is 27.2 Å². The van der Waals surface area contributed by atoms with Crippen LogP contribution >= 0.6 is 0 Å². The number of allylic oxidation sites excluding steroid dienone is 1. The van der Waals surface area contributed by atoms with Crippen molar-refractivity contribution in [2.45, 2.75) is 46.0 Å². The molecule has 5 rings (SSSR count). The second-order valence-corrected chi connectivity index (χ2v) is 12.2. The Morgan fingerprint density at radius 2 is 1.61 bits per heavy atom. The van der Waals surface area contributed by atoms with Crippen molar-refractivity contribution in [3.63, 3.8) is 0 Å². The molecule has 6 N–H and O–H groups in total. The number of benzene rings is 4. The van der Waals surface area contributed by atoms with E-state index in [0.717, 1.165) is 23.1 Å². The summed E-state index contributed by atoms with van der Waals surface area (Å²) in [6, 6.07) is 31.7. The van der Waals surface area contributed by atoms with Gasteiger partial charge in [0.15, 0.2) is 5.82 Å². The predicted octanol–water partition coefficient (Wildman–Crippen LogP) is 6.14. The van der Waals surface area contributed by atoms with Gasteiger partial charge in [0.25, 0.3) is 5.56 Å². The van der Waals surface area contributed by atoms with Crippen LogP contribution in [0.25, 0.3) is 17.3 Å². The number of nitrogens with two attached hydrogens (primary N) is 1. The number of nitrogen functional groups attached to an aromatic ring is 1. The Morgan fingerprint density at radius 3 is 2.29 bits per heavy atom. The third-order valence-corrected chi connectivity index (χ3v) is 7.73. The number of rotatable bonds is 13. The lowest BCUT2D eigenvalue weighted by Crippen LogP contribution is -2.35. The van der Waals surface area contributed by atoms with E-state index in [1.165, 1.54) is 10.1 Å². The number of amidine groups is 1. The number of amides is 2. The van der Waals surface area contributed by atoms with Crippen molar-refractivity contribution in [3.05, 3.63) is 154 Å². The molecule has 51 heavy (non-hydrogen) atoms. The zero-order valence-electron chi connectivity index (χ0n) is 28.6. The van der Waals surface area contributed by atoms with Crippen LogP contribution in [0.5, 0.6) is 0 Å². The minimum atomic E-state index is -0.730. The second kappa shape index (κ2) is 17.3. The van der Waals surface area contributed by atoms with Gasteiger partial charge in [-0.1, -0.05) is 97.1 Å².